The molecule has 102 valence electrons. The van der Waals surface area contributed by atoms with E-state index in [1.54, 1.807) is 13.2 Å². The normalized spacial score (nSPS) is 23.3. The zero-order chi connectivity index (χ0) is 13.5. The Labute approximate surface area is 110 Å². The Morgan fingerprint density at radius 1 is 1.58 bits per heavy atom. The molecule has 1 aromatic heterocycles. The number of hydrogen-bond acceptors (Lipinski definition) is 4. The standard InChI is InChI=1S/C13H16FN3O2/c1-18-13(4-5-19-8-13)7-17-11-3-2-9(14)6-10(11)16-12(17)15/h2-3,6H,4-5,7-8H2,1H3,(H2,15,16). The zero-order valence-electron chi connectivity index (χ0n) is 10.7. The molecule has 1 atom stereocenters. The number of halogens is 1. The summed E-state index contributed by atoms with van der Waals surface area (Å²) >= 11 is 0. The number of rotatable bonds is 3. The van der Waals surface area contributed by atoms with Gasteiger partial charge in [0.2, 0.25) is 5.95 Å². The number of hydrogen-bond donors (Lipinski definition) is 1. The average Bonchev–Trinajstić information content (AvgIpc) is 2.96. The minimum Gasteiger partial charge on any atom is -0.378 e. The van der Waals surface area contributed by atoms with Crippen LogP contribution in [-0.2, 0) is 16.0 Å². The molecule has 6 heteroatoms. The van der Waals surface area contributed by atoms with Gasteiger partial charge >= 0.3 is 0 Å². The first kappa shape index (κ1) is 12.4. The second kappa shape index (κ2) is 4.47. The average molecular weight is 265 g/mol. The van der Waals surface area contributed by atoms with Crippen molar-refractivity contribution in [3.05, 3.63) is 24.0 Å². The van der Waals surface area contributed by atoms with Gasteiger partial charge in [0, 0.05) is 26.2 Å². The summed E-state index contributed by atoms with van der Waals surface area (Å²) in [7, 11) is 1.67. The van der Waals surface area contributed by atoms with Gasteiger partial charge in [-0.25, -0.2) is 9.37 Å². The molecule has 1 unspecified atom stereocenters. The predicted octanol–water partition coefficient (Wildman–Crippen LogP) is 1.56. The lowest BCUT2D eigenvalue weighted by Gasteiger charge is -2.26. The molecule has 5 nitrogen and oxygen atoms in total. The number of methoxy groups -OCH3 is 1. The highest BCUT2D eigenvalue weighted by Gasteiger charge is 2.36. The van der Waals surface area contributed by atoms with Gasteiger partial charge in [-0.15, -0.1) is 0 Å². The Kier molecular flexibility index (Phi) is 2.91. The highest BCUT2D eigenvalue weighted by Crippen LogP contribution is 2.28. The number of ether oxygens (including phenoxy) is 2. The molecule has 2 heterocycles. The summed E-state index contributed by atoms with van der Waals surface area (Å²) in [6, 6.07) is 4.48. The smallest absolute Gasteiger partial charge is 0.201 e. The van der Waals surface area contributed by atoms with Crippen LogP contribution in [0.25, 0.3) is 11.0 Å². The van der Waals surface area contributed by atoms with Crippen LogP contribution in [0.3, 0.4) is 0 Å². The Morgan fingerprint density at radius 2 is 2.42 bits per heavy atom. The fourth-order valence-electron chi connectivity index (χ4n) is 2.51. The van der Waals surface area contributed by atoms with E-state index in [1.807, 2.05) is 4.57 Å². The third kappa shape index (κ3) is 2.06. The Hall–Kier alpha value is -1.66. The third-order valence-corrected chi connectivity index (χ3v) is 3.69. The van der Waals surface area contributed by atoms with Crippen molar-refractivity contribution in [2.24, 2.45) is 0 Å². The summed E-state index contributed by atoms with van der Waals surface area (Å²) in [6.45, 7) is 1.76. The molecule has 2 N–H and O–H groups in total. The number of nitrogens with zero attached hydrogens (tertiary/aromatic N) is 2. The number of nitrogen functional groups attached to an aromatic ring is 1. The van der Waals surface area contributed by atoms with Crippen molar-refractivity contribution >= 4 is 17.0 Å². The minimum absolute atomic E-state index is 0.317. The van der Waals surface area contributed by atoms with E-state index < -0.39 is 0 Å². The van der Waals surface area contributed by atoms with E-state index in [0.29, 0.717) is 31.2 Å². The largest absolute Gasteiger partial charge is 0.378 e. The van der Waals surface area contributed by atoms with Gasteiger partial charge in [0.25, 0.3) is 0 Å². The van der Waals surface area contributed by atoms with E-state index in [9.17, 15) is 4.39 Å². The second-order valence-corrected chi connectivity index (χ2v) is 4.88. The van der Waals surface area contributed by atoms with Crippen LogP contribution in [0.15, 0.2) is 18.2 Å². The number of anilines is 1. The van der Waals surface area contributed by atoms with Crippen molar-refractivity contribution in [2.75, 3.05) is 26.1 Å². The number of imidazole rings is 1. The van der Waals surface area contributed by atoms with E-state index in [0.717, 1.165) is 11.9 Å². The third-order valence-electron chi connectivity index (χ3n) is 3.69. The van der Waals surface area contributed by atoms with Gasteiger partial charge in [-0.05, 0) is 12.1 Å². The van der Waals surface area contributed by atoms with Crippen molar-refractivity contribution in [3.63, 3.8) is 0 Å². The highest BCUT2D eigenvalue weighted by atomic mass is 19.1. The number of nitrogens with two attached hydrogens (primary N) is 1. The summed E-state index contributed by atoms with van der Waals surface area (Å²) in [4.78, 5) is 4.19. The summed E-state index contributed by atoms with van der Waals surface area (Å²) in [6.07, 6.45) is 0.809. The Balaban J connectivity index is 2.02. The summed E-state index contributed by atoms with van der Waals surface area (Å²) in [5.74, 6) is 0.0479. The van der Waals surface area contributed by atoms with Crippen molar-refractivity contribution in [2.45, 2.75) is 18.6 Å². The SMILES string of the molecule is COC1(Cn2c(N)nc3cc(F)ccc32)CCOC1. The molecule has 0 saturated carbocycles. The van der Waals surface area contributed by atoms with E-state index in [4.69, 9.17) is 15.2 Å². The van der Waals surface area contributed by atoms with Crippen molar-refractivity contribution in [1.29, 1.82) is 0 Å². The maximum atomic E-state index is 13.2. The maximum absolute atomic E-state index is 13.2. The summed E-state index contributed by atoms with van der Waals surface area (Å²) < 4.78 is 26.1. The van der Waals surface area contributed by atoms with Gasteiger partial charge in [0.05, 0.1) is 24.2 Å². The molecular weight excluding hydrogens is 249 g/mol. The lowest BCUT2D eigenvalue weighted by Crippen LogP contribution is -2.37. The molecule has 1 aromatic carbocycles. The van der Waals surface area contributed by atoms with Gasteiger partial charge < -0.3 is 19.8 Å². The van der Waals surface area contributed by atoms with Crippen molar-refractivity contribution in [1.82, 2.24) is 9.55 Å². The molecule has 0 aliphatic carbocycles. The van der Waals surface area contributed by atoms with E-state index in [2.05, 4.69) is 4.98 Å². The van der Waals surface area contributed by atoms with Crippen LogP contribution in [0.5, 0.6) is 0 Å². The van der Waals surface area contributed by atoms with E-state index in [-0.39, 0.29) is 11.4 Å². The molecule has 0 radical (unpaired) electrons. The van der Waals surface area contributed by atoms with Crippen LogP contribution < -0.4 is 5.73 Å². The first-order chi connectivity index (χ1) is 9.13. The first-order valence-electron chi connectivity index (χ1n) is 6.18. The second-order valence-electron chi connectivity index (χ2n) is 4.88. The molecule has 1 saturated heterocycles. The van der Waals surface area contributed by atoms with Crippen LogP contribution in [0.1, 0.15) is 6.42 Å². The van der Waals surface area contributed by atoms with Gasteiger partial charge in [-0.3, -0.25) is 0 Å². The fourth-order valence-corrected chi connectivity index (χ4v) is 2.51. The molecule has 1 aliphatic rings. The summed E-state index contributed by atoms with van der Waals surface area (Å²) in [5.41, 5.74) is 6.91. The number of fused-ring (bicyclic) bond motifs is 1. The molecular formula is C13H16FN3O2. The van der Waals surface area contributed by atoms with E-state index >= 15 is 0 Å². The van der Waals surface area contributed by atoms with Crippen molar-refractivity contribution < 1.29 is 13.9 Å². The molecule has 19 heavy (non-hydrogen) atoms. The molecule has 1 fully saturated rings. The predicted molar refractivity (Wildman–Crippen MR) is 69.3 cm³/mol. The van der Waals surface area contributed by atoms with Crippen LogP contribution in [-0.4, -0.2) is 35.5 Å². The van der Waals surface area contributed by atoms with Crippen LogP contribution in [0.2, 0.25) is 0 Å². The Bertz CT molecular complexity index is 605. The van der Waals surface area contributed by atoms with Gasteiger partial charge in [0.15, 0.2) is 0 Å². The molecule has 0 spiro atoms. The van der Waals surface area contributed by atoms with Gasteiger partial charge in [-0.2, -0.15) is 0 Å². The number of benzene rings is 1. The molecule has 3 rings (SSSR count). The van der Waals surface area contributed by atoms with E-state index in [1.165, 1.54) is 12.1 Å². The fraction of sp³-hybridized carbons (Fsp3) is 0.462. The molecule has 1 aliphatic heterocycles. The minimum atomic E-state index is -0.379. The first-order valence-corrected chi connectivity index (χ1v) is 6.18. The number of aromatic nitrogens is 2. The lowest BCUT2D eigenvalue weighted by atomic mass is 10.0. The van der Waals surface area contributed by atoms with Crippen molar-refractivity contribution in [3.8, 4) is 0 Å². The quantitative estimate of drug-likeness (QED) is 0.915. The van der Waals surface area contributed by atoms with Gasteiger partial charge in [0.1, 0.15) is 11.4 Å². The lowest BCUT2D eigenvalue weighted by molar-refractivity contribution is -0.0283. The Morgan fingerprint density at radius 3 is 3.11 bits per heavy atom. The van der Waals surface area contributed by atoms with Crippen LogP contribution in [0.4, 0.5) is 10.3 Å². The zero-order valence-corrected chi connectivity index (χ0v) is 10.7. The molecule has 0 amide bonds. The van der Waals surface area contributed by atoms with Gasteiger partial charge in [-0.1, -0.05) is 0 Å². The van der Waals surface area contributed by atoms with Crippen LogP contribution in [0, 0.1) is 5.82 Å². The topological polar surface area (TPSA) is 62.3 Å². The summed E-state index contributed by atoms with van der Waals surface area (Å²) in [5, 5.41) is 0. The maximum Gasteiger partial charge on any atom is 0.201 e. The molecule has 2 aromatic rings. The highest BCUT2D eigenvalue weighted by molar-refractivity contribution is 5.78. The monoisotopic (exact) mass is 265 g/mol. The van der Waals surface area contributed by atoms with Crippen LogP contribution >= 0.6 is 0 Å². The molecule has 0 bridgehead atoms.